The summed E-state index contributed by atoms with van der Waals surface area (Å²) in [5.74, 6) is 0.0328. The highest BCUT2D eigenvalue weighted by Crippen LogP contribution is 1.89. The fourth-order valence-electron chi connectivity index (χ4n) is 0.737. The molecule has 0 spiro atoms. The standard InChI is InChI=1S/C7H16N2O2S/c1-9(5-3-4-8)7(10)6-12(2)11/h3-6,8H2,1-2H3. The maximum Gasteiger partial charge on any atom is 0.234 e. The average molecular weight is 192 g/mol. The zero-order chi connectivity index (χ0) is 9.56. The lowest BCUT2D eigenvalue weighted by Crippen LogP contribution is -2.32. The van der Waals surface area contributed by atoms with Gasteiger partial charge < -0.3 is 10.6 Å². The minimum absolute atomic E-state index is 0.0794. The van der Waals surface area contributed by atoms with Crippen molar-refractivity contribution in [1.82, 2.24) is 4.90 Å². The van der Waals surface area contributed by atoms with Crippen LogP contribution in [0.1, 0.15) is 6.42 Å². The summed E-state index contributed by atoms with van der Waals surface area (Å²) >= 11 is 0. The molecule has 5 heteroatoms. The third-order valence-electron chi connectivity index (χ3n) is 1.45. The Hall–Kier alpha value is -0.420. The number of hydrogen-bond acceptors (Lipinski definition) is 3. The van der Waals surface area contributed by atoms with Gasteiger partial charge in [0.2, 0.25) is 5.91 Å². The summed E-state index contributed by atoms with van der Waals surface area (Å²) in [6.07, 6.45) is 2.31. The summed E-state index contributed by atoms with van der Waals surface area (Å²) in [6.45, 7) is 1.22. The molecule has 12 heavy (non-hydrogen) atoms. The molecule has 1 atom stereocenters. The first-order valence-electron chi connectivity index (χ1n) is 3.82. The fourth-order valence-corrected chi connectivity index (χ4v) is 1.31. The van der Waals surface area contributed by atoms with Gasteiger partial charge in [0.1, 0.15) is 5.75 Å². The number of amides is 1. The van der Waals surface area contributed by atoms with Crippen molar-refractivity contribution >= 4 is 16.7 Å². The number of nitrogens with two attached hydrogens (primary N) is 1. The first-order chi connectivity index (χ1) is 5.57. The number of hydrogen-bond donors (Lipinski definition) is 1. The summed E-state index contributed by atoms with van der Waals surface area (Å²) < 4.78 is 10.7. The van der Waals surface area contributed by atoms with E-state index in [0.717, 1.165) is 6.42 Å². The number of carbonyl (C=O) groups is 1. The molecule has 0 aliphatic carbocycles. The fraction of sp³-hybridized carbons (Fsp3) is 0.857. The minimum atomic E-state index is -1.04. The Morgan fingerprint density at radius 3 is 2.58 bits per heavy atom. The molecule has 1 amide bonds. The van der Waals surface area contributed by atoms with Gasteiger partial charge in [-0.1, -0.05) is 0 Å². The molecule has 0 aromatic heterocycles. The second-order valence-corrected chi connectivity index (χ2v) is 4.11. The molecular formula is C7H16N2O2S. The van der Waals surface area contributed by atoms with E-state index in [0.29, 0.717) is 13.1 Å². The summed E-state index contributed by atoms with van der Waals surface area (Å²) in [6, 6.07) is 0. The Morgan fingerprint density at radius 2 is 2.17 bits per heavy atom. The van der Waals surface area contributed by atoms with Crippen LogP contribution in [0.3, 0.4) is 0 Å². The summed E-state index contributed by atoms with van der Waals surface area (Å²) in [4.78, 5) is 12.7. The van der Waals surface area contributed by atoms with Crippen LogP contribution in [0.25, 0.3) is 0 Å². The molecule has 0 fully saturated rings. The van der Waals surface area contributed by atoms with Crippen molar-refractivity contribution in [2.24, 2.45) is 5.73 Å². The van der Waals surface area contributed by atoms with E-state index in [4.69, 9.17) is 5.73 Å². The van der Waals surface area contributed by atoms with E-state index >= 15 is 0 Å². The van der Waals surface area contributed by atoms with Crippen molar-refractivity contribution < 1.29 is 9.00 Å². The van der Waals surface area contributed by atoms with Gasteiger partial charge in [-0.05, 0) is 13.0 Å². The average Bonchev–Trinajstić information content (AvgIpc) is 1.98. The van der Waals surface area contributed by atoms with Gasteiger partial charge in [-0.2, -0.15) is 0 Å². The van der Waals surface area contributed by atoms with E-state index in [9.17, 15) is 9.00 Å². The SMILES string of the molecule is CN(CCCN)C(=O)CS(C)=O. The lowest BCUT2D eigenvalue weighted by molar-refractivity contribution is -0.127. The predicted molar refractivity (Wildman–Crippen MR) is 50.2 cm³/mol. The van der Waals surface area contributed by atoms with Crippen molar-refractivity contribution in [2.75, 3.05) is 32.1 Å². The second-order valence-electron chi connectivity index (χ2n) is 2.68. The zero-order valence-electron chi connectivity index (χ0n) is 7.58. The van der Waals surface area contributed by atoms with Crippen molar-refractivity contribution in [1.29, 1.82) is 0 Å². The maximum absolute atomic E-state index is 11.2. The number of nitrogens with zero attached hydrogens (tertiary/aromatic N) is 1. The first kappa shape index (κ1) is 11.6. The van der Waals surface area contributed by atoms with Gasteiger partial charge in [0, 0.05) is 30.6 Å². The topological polar surface area (TPSA) is 63.4 Å². The van der Waals surface area contributed by atoms with Gasteiger partial charge in [0.05, 0.1) is 0 Å². The molecule has 72 valence electrons. The van der Waals surface area contributed by atoms with Crippen LogP contribution >= 0.6 is 0 Å². The highest BCUT2D eigenvalue weighted by atomic mass is 32.2. The smallest absolute Gasteiger partial charge is 0.234 e. The second kappa shape index (κ2) is 6.14. The van der Waals surface area contributed by atoms with E-state index in [1.165, 1.54) is 6.26 Å². The van der Waals surface area contributed by atoms with Crippen LogP contribution in [-0.2, 0) is 15.6 Å². The Labute approximate surface area is 75.6 Å². The van der Waals surface area contributed by atoms with Crippen LogP contribution in [0.4, 0.5) is 0 Å². The van der Waals surface area contributed by atoms with Crippen LogP contribution in [0.15, 0.2) is 0 Å². The largest absolute Gasteiger partial charge is 0.345 e. The van der Waals surface area contributed by atoms with E-state index in [1.54, 1.807) is 11.9 Å². The van der Waals surface area contributed by atoms with Crippen molar-refractivity contribution in [3.63, 3.8) is 0 Å². The predicted octanol–water partition coefficient (Wildman–Crippen LogP) is -0.828. The lowest BCUT2D eigenvalue weighted by atomic mass is 10.4. The van der Waals surface area contributed by atoms with Crippen LogP contribution in [-0.4, -0.2) is 47.2 Å². The Morgan fingerprint density at radius 1 is 1.58 bits per heavy atom. The molecule has 0 saturated carbocycles. The zero-order valence-corrected chi connectivity index (χ0v) is 8.39. The molecule has 2 N–H and O–H groups in total. The molecule has 0 heterocycles. The highest BCUT2D eigenvalue weighted by Gasteiger charge is 2.08. The van der Waals surface area contributed by atoms with E-state index in [1.807, 2.05) is 0 Å². The van der Waals surface area contributed by atoms with Crippen molar-refractivity contribution in [2.45, 2.75) is 6.42 Å². The van der Waals surface area contributed by atoms with Gasteiger partial charge in [-0.25, -0.2) is 0 Å². The quantitative estimate of drug-likeness (QED) is 0.618. The Balaban J connectivity index is 3.69. The Kier molecular flexibility index (Phi) is 5.92. The first-order valence-corrected chi connectivity index (χ1v) is 5.54. The highest BCUT2D eigenvalue weighted by molar-refractivity contribution is 7.85. The lowest BCUT2D eigenvalue weighted by Gasteiger charge is -2.15. The molecule has 0 aromatic rings. The van der Waals surface area contributed by atoms with Crippen molar-refractivity contribution in [3.05, 3.63) is 0 Å². The maximum atomic E-state index is 11.2. The van der Waals surface area contributed by atoms with Gasteiger partial charge in [0.15, 0.2) is 0 Å². The van der Waals surface area contributed by atoms with Crippen LogP contribution in [0.2, 0.25) is 0 Å². The van der Waals surface area contributed by atoms with E-state index in [2.05, 4.69) is 0 Å². The van der Waals surface area contributed by atoms with Crippen molar-refractivity contribution in [3.8, 4) is 0 Å². The van der Waals surface area contributed by atoms with Gasteiger partial charge in [-0.15, -0.1) is 0 Å². The molecule has 0 aliphatic rings. The normalized spacial score (nSPS) is 12.6. The van der Waals surface area contributed by atoms with E-state index in [-0.39, 0.29) is 11.7 Å². The molecule has 4 nitrogen and oxygen atoms in total. The molecule has 0 rings (SSSR count). The molecular weight excluding hydrogens is 176 g/mol. The van der Waals surface area contributed by atoms with E-state index < -0.39 is 10.8 Å². The third kappa shape index (κ3) is 5.26. The third-order valence-corrected chi connectivity index (χ3v) is 2.10. The van der Waals surface area contributed by atoms with Gasteiger partial charge in [0.25, 0.3) is 0 Å². The molecule has 0 saturated heterocycles. The molecule has 0 bridgehead atoms. The molecule has 1 unspecified atom stereocenters. The van der Waals surface area contributed by atoms with Gasteiger partial charge in [-0.3, -0.25) is 9.00 Å². The molecule has 0 aliphatic heterocycles. The summed E-state index contributed by atoms with van der Waals surface area (Å²) in [5.41, 5.74) is 5.28. The summed E-state index contributed by atoms with van der Waals surface area (Å²) in [7, 11) is 0.655. The van der Waals surface area contributed by atoms with Crippen LogP contribution < -0.4 is 5.73 Å². The molecule has 0 aromatic carbocycles. The summed E-state index contributed by atoms with van der Waals surface area (Å²) in [5, 5.41) is 0. The molecule has 0 radical (unpaired) electrons. The Bertz CT molecular complexity index is 173. The minimum Gasteiger partial charge on any atom is -0.345 e. The monoisotopic (exact) mass is 192 g/mol. The number of rotatable bonds is 5. The van der Waals surface area contributed by atoms with Gasteiger partial charge >= 0.3 is 0 Å². The van der Waals surface area contributed by atoms with Crippen LogP contribution in [0, 0.1) is 0 Å². The number of carbonyl (C=O) groups excluding carboxylic acids is 1. The van der Waals surface area contributed by atoms with Crippen LogP contribution in [0.5, 0.6) is 0 Å².